The van der Waals surface area contributed by atoms with Crippen LogP contribution in [-0.4, -0.2) is 41.8 Å². The highest BCUT2D eigenvalue weighted by Crippen LogP contribution is 2.31. The topological polar surface area (TPSA) is 94.7 Å². The molecular weight excluding hydrogens is 338 g/mol. The number of para-hydroxylation sites is 2. The van der Waals surface area contributed by atoms with E-state index in [1.54, 1.807) is 38.1 Å². The second kappa shape index (κ2) is 7.03. The number of carbonyl (C=O) groups is 3. The van der Waals surface area contributed by atoms with Gasteiger partial charge in [0, 0.05) is 11.3 Å². The summed E-state index contributed by atoms with van der Waals surface area (Å²) in [5.41, 5.74) is 1.93. The van der Waals surface area contributed by atoms with Crippen molar-refractivity contribution >= 4 is 17.5 Å². The van der Waals surface area contributed by atoms with Gasteiger partial charge in [-0.05, 0) is 38.5 Å². The normalized spacial score (nSPS) is 15.4. The number of ether oxygens (including phenoxy) is 3. The maximum absolute atomic E-state index is 12.3. The molecule has 1 N–H and O–H groups in total. The zero-order valence-electron chi connectivity index (χ0n) is 14.8. The molecule has 26 heavy (non-hydrogen) atoms. The second-order valence-electron chi connectivity index (χ2n) is 6.08. The number of aromatic amines is 1. The van der Waals surface area contributed by atoms with Crippen LogP contribution >= 0.6 is 0 Å². The highest BCUT2D eigenvalue weighted by Gasteiger charge is 2.29. The van der Waals surface area contributed by atoms with E-state index in [0.717, 1.165) is 0 Å². The molecule has 2 aromatic rings. The number of aromatic nitrogens is 1. The summed E-state index contributed by atoms with van der Waals surface area (Å²) in [6.45, 7) is 4.41. The van der Waals surface area contributed by atoms with Crippen molar-refractivity contribution < 1.29 is 28.6 Å². The maximum atomic E-state index is 12.3. The van der Waals surface area contributed by atoms with Crippen molar-refractivity contribution in [1.29, 1.82) is 0 Å². The minimum Gasteiger partial charge on any atom is -0.485 e. The van der Waals surface area contributed by atoms with Gasteiger partial charge in [-0.15, -0.1) is 0 Å². The largest absolute Gasteiger partial charge is 0.485 e. The number of aryl methyl sites for hydroxylation is 1. The molecule has 0 bridgehead atoms. The van der Waals surface area contributed by atoms with E-state index in [1.807, 2.05) is 0 Å². The molecule has 0 spiro atoms. The zero-order valence-corrected chi connectivity index (χ0v) is 14.8. The molecule has 0 saturated carbocycles. The smallest absolute Gasteiger partial charge is 0.351 e. The molecule has 1 atom stereocenters. The summed E-state index contributed by atoms with van der Waals surface area (Å²) in [6.07, 6.45) is -0.933. The number of rotatable bonds is 5. The van der Waals surface area contributed by atoms with Crippen molar-refractivity contribution in [2.75, 3.05) is 13.2 Å². The van der Waals surface area contributed by atoms with Crippen molar-refractivity contribution in [1.82, 2.24) is 4.98 Å². The number of hydrogen-bond acceptors (Lipinski definition) is 6. The van der Waals surface area contributed by atoms with Gasteiger partial charge in [0.1, 0.15) is 6.61 Å². The number of ketones is 2. The van der Waals surface area contributed by atoms with Crippen molar-refractivity contribution in [2.45, 2.75) is 26.9 Å². The molecule has 0 saturated heterocycles. The molecule has 1 aliphatic rings. The number of benzene rings is 1. The first kappa shape index (κ1) is 17.7. The van der Waals surface area contributed by atoms with Crippen LogP contribution in [-0.2, 0) is 9.53 Å². The van der Waals surface area contributed by atoms with Crippen molar-refractivity contribution in [3.8, 4) is 11.5 Å². The Balaban J connectivity index is 1.63. The van der Waals surface area contributed by atoms with E-state index in [4.69, 9.17) is 14.2 Å². The van der Waals surface area contributed by atoms with Gasteiger partial charge in [0.25, 0.3) is 0 Å². The average molecular weight is 357 g/mol. The fourth-order valence-electron chi connectivity index (χ4n) is 2.99. The quantitative estimate of drug-likeness (QED) is 0.652. The molecule has 0 radical (unpaired) electrons. The van der Waals surface area contributed by atoms with Crippen LogP contribution in [0.3, 0.4) is 0 Å². The number of H-pyrrole nitrogens is 1. The number of hydrogen-bond donors (Lipinski definition) is 1. The molecule has 7 nitrogen and oxygen atoms in total. The first-order chi connectivity index (χ1) is 12.4. The molecule has 0 fully saturated rings. The highest BCUT2D eigenvalue weighted by atomic mass is 16.6. The van der Waals surface area contributed by atoms with Crippen molar-refractivity contribution in [3.05, 3.63) is 46.8 Å². The first-order valence-electron chi connectivity index (χ1n) is 8.17. The Morgan fingerprint density at radius 3 is 2.54 bits per heavy atom. The molecule has 1 aliphatic heterocycles. The van der Waals surface area contributed by atoms with Gasteiger partial charge >= 0.3 is 5.97 Å². The van der Waals surface area contributed by atoms with E-state index in [-0.39, 0.29) is 18.1 Å². The Bertz CT molecular complexity index is 882. The van der Waals surface area contributed by atoms with Crippen LogP contribution in [0.5, 0.6) is 11.5 Å². The van der Waals surface area contributed by atoms with Crippen molar-refractivity contribution in [2.24, 2.45) is 0 Å². The second-order valence-corrected chi connectivity index (χ2v) is 6.08. The summed E-state index contributed by atoms with van der Waals surface area (Å²) in [6, 6.07) is 7.00. The lowest BCUT2D eigenvalue weighted by Gasteiger charge is -2.24. The summed E-state index contributed by atoms with van der Waals surface area (Å²) in [5.74, 6) is -0.210. The summed E-state index contributed by atoms with van der Waals surface area (Å²) in [5, 5.41) is 0. The molecule has 3 rings (SSSR count). The summed E-state index contributed by atoms with van der Waals surface area (Å²) in [7, 11) is 0. The van der Waals surface area contributed by atoms with Gasteiger partial charge in [-0.3, -0.25) is 9.59 Å². The number of esters is 1. The summed E-state index contributed by atoms with van der Waals surface area (Å²) >= 11 is 0. The third kappa shape index (κ3) is 3.33. The summed E-state index contributed by atoms with van der Waals surface area (Å²) in [4.78, 5) is 39.1. The van der Waals surface area contributed by atoms with E-state index < -0.39 is 24.5 Å². The predicted molar refractivity (Wildman–Crippen MR) is 91.9 cm³/mol. The molecular formula is C19H19NO6. The number of Topliss-reactive ketones (excluding diaryl/α,β-unsaturated/α-hetero) is 2. The van der Waals surface area contributed by atoms with Gasteiger partial charge in [0.05, 0.1) is 5.69 Å². The number of carbonyl (C=O) groups excluding carboxylic acids is 3. The Morgan fingerprint density at radius 1 is 1.19 bits per heavy atom. The van der Waals surface area contributed by atoms with E-state index in [0.29, 0.717) is 28.3 Å². The summed E-state index contributed by atoms with van der Waals surface area (Å²) < 4.78 is 16.1. The standard InChI is InChI=1S/C19H19NO6/c1-10-17(12(3)21)11(2)20-18(10)13(22)8-25-19(23)16-9-24-14-6-4-5-7-15(14)26-16/h4-7,16,20H,8-9H2,1-3H3. The minimum absolute atomic E-state index is 0.0131. The Morgan fingerprint density at radius 2 is 1.88 bits per heavy atom. The molecule has 1 aromatic carbocycles. The Hall–Kier alpha value is -3.09. The lowest BCUT2D eigenvalue weighted by Crippen LogP contribution is -2.38. The van der Waals surface area contributed by atoms with Crippen LogP contribution in [0.25, 0.3) is 0 Å². The molecule has 7 heteroatoms. The maximum Gasteiger partial charge on any atom is 0.351 e. The van der Waals surface area contributed by atoms with E-state index >= 15 is 0 Å². The van der Waals surface area contributed by atoms with Gasteiger partial charge in [0.15, 0.2) is 23.9 Å². The lowest BCUT2D eigenvalue weighted by atomic mass is 10.1. The van der Waals surface area contributed by atoms with Crippen LogP contribution in [0.2, 0.25) is 0 Å². The third-order valence-corrected chi connectivity index (χ3v) is 4.19. The fourth-order valence-corrected chi connectivity index (χ4v) is 2.99. The highest BCUT2D eigenvalue weighted by molar-refractivity contribution is 6.04. The number of fused-ring (bicyclic) bond motifs is 1. The molecule has 136 valence electrons. The van der Waals surface area contributed by atoms with E-state index in [9.17, 15) is 14.4 Å². The molecule has 1 unspecified atom stereocenters. The van der Waals surface area contributed by atoms with Gasteiger partial charge in [-0.25, -0.2) is 4.79 Å². The van der Waals surface area contributed by atoms with Crippen LogP contribution < -0.4 is 9.47 Å². The fraction of sp³-hybridized carbons (Fsp3) is 0.316. The molecule has 1 aromatic heterocycles. The van der Waals surface area contributed by atoms with Crippen molar-refractivity contribution in [3.63, 3.8) is 0 Å². The zero-order chi connectivity index (χ0) is 18.8. The third-order valence-electron chi connectivity index (χ3n) is 4.19. The van der Waals surface area contributed by atoms with Gasteiger partial charge in [-0.2, -0.15) is 0 Å². The van der Waals surface area contributed by atoms with Gasteiger partial charge in [-0.1, -0.05) is 12.1 Å². The first-order valence-corrected chi connectivity index (χ1v) is 8.17. The van der Waals surface area contributed by atoms with E-state index in [2.05, 4.69) is 4.98 Å². The SMILES string of the molecule is CC(=O)c1c(C)[nH]c(C(=O)COC(=O)C2COc3ccccc3O2)c1C. The number of nitrogens with one attached hydrogen (secondary N) is 1. The molecule has 0 aliphatic carbocycles. The Kier molecular flexibility index (Phi) is 4.79. The minimum atomic E-state index is -0.933. The van der Waals surface area contributed by atoms with Gasteiger partial charge in [0.2, 0.25) is 11.9 Å². The van der Waals surface area contributed by atoms with Crippen LogP contribution in [0, 0.1) is 13.8 Å². The average Bonchev–Trinajstić information content (AvgIpc) is 2.93. The van der Waals surface area contributed by atoms with Gasteiger partial charge < -0.3 is 19.2 Å². The van der Waals surface area contributed by atoms with Crippen LogP contribution in [0.15, 0.2) is 24.3 Å². The molecule has 2 heterocycles. The van der Waals surface area contributed by atoms with Crippen LogP contribution in [0.4, 0.5) is 0 Å². The molecule has 0 amide bonds. The predicted octanol–water partition coefficient (Wildman–Crippen LogP) is 2.40. The Labute approximate surface area is 150 Å². The monoisotopic (exact) mass is 357 g/mol. The van der Waals surface area contributed by atoms with Crippen LogP contribution in [0.1, 0.15) is 39.0 Å². The lowest BCUT2D eigenvalue weighted by molar-refractivity contribution is -0.153. The van der Waals surface area contributed by atoms with E-state index in [1.165, 1.54) is 6.92 Å².